The minimum Gasteiger partial charge on any atom is -0.444 e. The molecule has 6 heteroatoms. The second-order valence-corrected chi connectivity index (χ2v) is 7.45. The smallest absolute Gasteiger partial charge is 0.411 e. The highest BCUT2D eigenvalue weighted by Gasteiger charge is 2.36. The fraction of sp³-hybridized carbons (Fsp3) is 0.579. The molecular weight excluding hydrogens is 320 g/mol. The number of rotatable bonds is 4. The van der Waals surface area contributed by atoms with Crippen molar-refractivity contribution in [1.29, 1.82) is 0 Å². The first-order chi connectivity index (χ1) is 11.7. The molecule has 0 N–H and O–H groups in total. The quantitative estimate of drug-likeness (QED) is 0.783. The van der Waals surface area contributed by atoms with Gasteiger partial charge in [0.2, 0.25) is 0 Å². The molecule has 1 aromatic carbocycles. The lowest BCUT2D eigenvalue weighted by Crippen LogP contribution is -2.48. The molecule has 0 aliphatic carbocycles. The van der Waals surface area contributed by atoms with Crippen LogP contribution in [0.2, 0.25) is 0 Å². The third-order valence-corrected chi connectivity index (χ3v) is 4.42. The Hall–Kier alpha value is -2.08. The molecular formula is C19H28N2O4. The molecule has 0 radical (unpaired) electrons. The molecule has 1 aromatic rings. The highest BCUT2D eigenvalue weighted by atomic mass is 16.6. The minimum atomic E-state index is -1.09. The zero-order valence-corrected chi connectivity index (χ0v) is 15.7. The molecule has 0 aromatic heterocycles. The molecule has 1 unspecified atom stereocenters. The highest BCUT2D eigenvalue weighted by Crippen LogP contribution is 2.29. The van der Waals surface area contributed by atoms with E-state index in [1.54, 1.807) is 34.7 Å². The van der Waals surface area contributed by atoms with E-state index in [0.29, 0.717) is 0 Å². The zero-order valence-electron chi connectivity index (χ0n) is 15.7. The fourth-order valence-electron chi connectivity index (χ4n) is 2.69. The van der Waals surface area contributed by atoms with Gasteiger partial charge in [-0.15, -0.1) is 0 Å². The van der Waals surface area contributed by atoms with Crippen molar-refractivity contribution >= 4 is 18.1 Å². The molecule has 25 heavy (non-hydrogen) atoms. The zero-order chi connectivity index (χ0) is 18.7. The fourth-order valence-corrected chi connectivity index (χ4v) is 2.69. The molecule has 1 amide bonds. The third kappa shape index (κ3) is 4.51. The minimum absolute atomic E-state index is 0.528. The number of morpholine rings is 1. The monoisotopic (exact) mass is 348 g/mol. The van der Waals surface area contributed by atoms with Gasteiger partial charge in [0.1, 0.15) is 17.4 Å². The number of hydrogen-bond donors (Lipinski definition) is 0. The molecule has 0 saturated carbocycles. The first-order valence-corrected chi connectivity index (χ1v) is 8.54. The van der Waals surface area contributed by atoms with Gasteiger partial charge in [0, 0.05) is 25.8 Å². The van der Waals surface area contributed by atoms with Crippen LogP contribution in [0, 0.1) is 0 Å². The topological polar surface area (TPSA) is 59.1 Å². The summed E-state index contributed by atoms with van der Waals surface area (Å²) in [6, 6.07) is 7.73. The van der Waals surface area contributed by atoms with Gasteiger partial charge in [0.05, 0.1) is 13.2 Å². The number of likely N-dealkylation sites (N-methyl/N-ethyl adjacent to an activating group) is 1. The van der Waals surface area contributed by atoms with Gasteiger partial charge in [-0.05, 0) is 45.4 Å². The second-order valence-electron chi connectivity index (χ2n) is 7.45. The number of ether oxygens (including phenoxy) is 2. The van der Waals surface area contributed by atoms with Crippen LogP contribution in [0.3, 0.4) is 0 Å². The predicted octanol–water partition coefficient (Wildman–Crippen LogP) is 2.80. The Morgan fingerprint density at radius 2 is 1.72 bits per heavy atom. The third-order valence-electron chi connectivity index (χ3n) is 4.42. The molecule has 1 aliphatic rings. The standard InChI is InChI=1S/C19H28N2O4/c1-18(2,3)25-17(23)20(5)19(4,14-22)15-6-8-16(9-7-15)21-10-12-24-13-11-21/h6-9,14H,10-13H2,1-5H3. The number of carbonyl (C=O) groups is 2. The van der Waals surface area contributed by atoms with Crippen molar-refractivity contribution in [2.24, 2.45) is 0 Å². The Kier molecular flexibility index (Phi) is 5.72. The number of nitrogens with zero attached hydrogens (tertiary/aromatic N) is 2. The van der Waals surface area contributed by atoms with Gasteiger partial charge >= 0.3 is 6.09 Å². The van der Waals surface area contributed by atoms with Crippen LogP contribution >= 0.6 is 0 Å². The Morgan fingerprint density at radius 1 is 1.16 bits per heavy atom. The maximum Gasteiger partial charge on any atom is 0.411 e. The summed E-state index contributed by atoms with van der Waals surface area (Å²) in [7, 11) is 1.58. The van der Waals surface area contributed by atoms with Gasteiger partial charge < -0.3 is 19.2 Å². The predicted molar refractivity (Wildman–Crippen MR) is 96.9 cm³/mol. The van der Waals surface area contributed by atoms with Crippen molar-refractivity contribution in [2.45, 2.75) is 38.8 Å². The van der Waals surface area contributed by atoms with Crippen LogP contribution < -0.4 is 4.90 Å². The van der Waals surface area contributed by atoms with E-state index in [4.69, 9.17) is 9.47 Å². The summed E-state index contributed by atoms with van der Waals surface area (Å²) >= 11 is 0. The van der Waals surface area contributed by atoms with Crippen molar-refractivity contribution < 1.29 is 19.1 Å². The summed E-state index contributed by atoms with van der Waals surface area (Å²) in [5.74, 6) is 0. The molecule has 1 fully saturated rings. The Morgan fingerprint density at radius 3 is 2.20 bits per heavy atom. The van der Waals surface area contributed by atoms with Crippen molar-refractivity contribution in [3.8, 4) is 0 Å². The van der Waals surface area contributed by atoms with Gasteiger partial charge in [-0.3, -0.25) is 4.90 Å². The van der Waals surface area contributed by atoms with Crippen LogP contribution in [-0.4, -0.2) is 56.2 Å². The van der Waals surface area contributed by atoms with Gasteiger partial charge in [-0.25, -0.2) is 4.79 Å². The number of hydrogen-bond acceptors (Lipinski definition) is 5. The van der Waals surface area contributed by atoms with E-state index in [2.05, 4.69) is 4.90 Å². The number of aldehydes is 1. The van der Waals surface area contributed by atoms with Crippen LogP contribution in [0.4, 0.5) is 10.5 Å². The summed E-state index contributed by atoms with van der Waals surface area (Å²) in [5, 5.41) is 0. The molecule has 1 atom stereocenters. The van der Waals surface area contributed by atoms with E-state index in [0.717, 1.165) is 43.8 Å². The van der Waals surface area contributed by atoms with Gasteiger partial charge in [0.15, 0.2) is 0 Å². The normalized spacial score (nSPS) is 17.6. The number of amides is 1. The maximum atomic E-state index is 12.4. The average Bonchev–Trinajstić information content (AvgIpc) is 2.60. The molecule has 0 bridgehead atoms. The first kappa shape index (κ1) is 19.2. The molecule has 1 saturated heterocycles. The van der Waals surface area contributed by atoms with Crippen LogP contribution in [0.25, 0.3) is 0 Å². The molecule has 138 valence electrons. The van der Waals surface area contributed by atoms with E-state index in [-0.39, 0.29) is 0 Å². The van der Waals surface area contributed by atoms with E-state index < -0.39 is 17.2 Å². The van der Waals surface area contributed by atoms with Crippen LogP contribution in [0.1, 0.15) is 33.3 Å². The van der Waals surface area contributed by atoms with Crippen molar-refractivity contribution in [3.05, 3.63) is 29.8 Å². The average molecular weight is 348 g/mol. The highest BCUT2D eigenvalue weighted by molar-refractivity contribution is 5.78. The van der Waals surface area contributed by atoms with Gasteiger partial charge in [-0.2, -0.15) is 0 Å². The van der Waals surface area contributed by atoms with E-state index in [9.17, 15) is 9.59 Å². The summed E-state index contributed by atoms with van der Waals surface area (Å²) in [5.41, 5.74) is 0.120. The van der Waals surface area contributed by atoms with Gasteiger partial charge in [-0.1, -0.05) is 12.1 Å². The Balaban J connectivity index is 2.20. The summed E-state index contributed by atoms with van der Waals surface area (Å²) in [6.45, 7) is 10.2. The lowest BCUT2D eigenvalue weighted by molar-refractivity contribution is -0.117. The molecule has 0 spiro atoms. The van der Waals surface area contributed by atoms with Crippen LogP contribution in [0.5, 0.6) is 0 Å². The SMILES string of the molecule is CN(C(=O)OC(C)(C)C)C(C)(C=O)c1ccc(N2CCOCC2)cc1. The Bertz CT molecular complexity index is 603. The molecule has 1 heterocycles. The number of benzene rings is 1. The van der Waals surface area contributed by atoms with E-state index >= 15 is 0 Å². The first-order valence-electron chi connectivity index (χ1n) is 8.54. The van der Waals surface area contributed by atoms with E-state index in [1.165, 1.54) is 4.90 Å². The van der Waals surface area contributed by atoms with E-state index in [1.807, 2.05) is 24.3 Å². The van der Waals surface area contributed by atoms with Crippen molar-refractivity contribution in [2.75, 3.05) is 38.3 Å². The number of anilines is 1. The summed E-state index contributed by atoms with van der Waals surface area (Å²) in [4.78, 5) is 27.8. The second kappa shape index (κ2) is 7.44. The lowest BCUT2D eigenvalue weighted by atomic mass is 9.92. The summed E-state index contributed by atoms with van der Waals surface area (Å²) < 4.78 is 10.8. The largest absolute Gasteiger partial charge is 0.444 e. The van der Waals surface area contributed by atoms with Crippen LogP contribution in [0.15, 0.2) is 24.3 Å². The molecule has 2 rings (SSSR count). The van der Waals surface area contributed by atoms with Crippen LogP contribution in [-0.2, 0) is 19.8 Å². The molecule has 1 aliphatic heterocycles. The maximum absolute atomic E-state index is 12.4. The Labute approximate surface area is 149 Å². The summed E-state index contributed by atoms with van der Waals surface area (Å²) in [6.07, 6.45) is 0.250. The van der Waals surface area contributed by atoms with Gasteiger partial charge in [0.25, 0.3) is 0 Å². The van der Waals surface area contributed by atoms with Crippen molar-refractivity contribution in [3.63, 3.8) is 0 Å². The lowest BCUT2D eigenvalue weighted by Gasteiger charge is -2.36. The van der Waals surface area contributed by atoms with Crippen molar-refractivity contribution in [1.82, 2.24) is 4.90 Å². The number of carbonyl (C=O) groups excluding carboxylic acids is 2. The molecule has 6 nitrogen and oxygen atoms in total.